The quantitative estimate of drug-likeness (QED) is 0.911. The van der Waals surface area contributed by atoms with Crippen LogP contribution in [-0.2, 0) is 6.54 Å². The van der Waals surface area contributed by atoms with Gasteiger partial charge in [-0.3, -0.25) is 0 Å². The van der Waals surface area contributed by atoms with Crippen LogP contribution in [0.1, 0.15) is 4.88 Å². The summed E-state index contributed by atoms with van der Waals surface area (Å²) in [5.74, 6) is -0.134. The van der Waals surface area contributed by atoms with Crippen molar-refractivity contribution in [3.05, 3.63) is 43.9 Å². The molecule has 0 saturated carbocycles. The lowest BCUT2D eigenvalue weighted by Gasteiger charge is -2.04. The van der Waals surface area contributed by atoms with Gasteiger partial charge in [-0.05, 0) is 34.1 Å². The highest BCUT2D eigenvalue weighted by Gasteiger charge is 2.04. The molecule has 0 amide bonds. The summed E-state index contributed by atoms with van der Waals surface area (Å²) in [7, 11) is 0. The number of thiophene rings is 1. The molecule has 0 unspecified atom stereocenters. The SMILES string of the molecule is Fc1cc(Br)cnc1NCc1ccc(Cl)s1. The Labute approximate surface area is 110 Å². The fraction of sp³-hybridized carbons (Fsp3) is 0.100. The van der Waals surface area contributed by atoms with E-state index in [-0.39, 0.29) is 11.6 Å². The molecule has 2 rings (SSSR count). The van der Waals surface area contributed by atoms with E-state index in [0.29, 0.717) is 11.0 Å². The van der Waals surface area contributed by atoms with Gasteiger partial charge in [0.05, 0.1) is 10.9 Å². The molecule has 0 fully saturated rings. The van der Waals surface area contributed by atoms with E-state index in [1.165, 1.54) is 17.4 Å². The molecule has 0 radical (unpaired) electrons. The van der Waals surface area contributed by atoms with E-state index in [1.54, 1.807) is 6.20 Å². The third-order valence-electron chi connectivity index (χ3n) is 1.87. The lowest BCUT2D eigenvalue weighted by atomic mass is 10.4. The fourth-order valence-electron chi connectivity index (χ4n) is 1.16. The number of nitrogens with one attached hydrogen (secondary N) is 1. The van der Waals surface area contributed by atoms with Crippen LogP contribution >= 0.6 is 38.9 Å². The predicted molar refractivity (Wildman–Crippen MR) is 68.6 cm³/mol. The number of aromatic nitrogens is 1. The number of hydrogen-bond donors (Lipinski definition) is 1. The van der Waals surface area contributed by atoms with Crippen LogP contribution < -0.4 is 5.32 Å². The largest absolute Gasteiger partial charge is 0.363 e. The first-order valence-electron chi connectivity index (χ1n) is 4.44. The van der Waals surface area contributed by atoms with Gasteiger partial charge in [-0.25, -0.2) is 9.37 Å². The Bertz CT molecular complexity index is 503. The molecule has 16 heavy (non-hydrogen) atoms. The highest BCUT2D eigenvalue weighted by molar-refractivity contribution is 9.10. The van der Waals surface area contributed by atoms with Crippen molar-refractivity contribution >= 4 is 44.7 Å². The Morgan fingerprint density at radius 1 is 1.50 bits per heavy atom. The molecular weight excluding hydrogens is 315 g/mol. The average Bonchev–Trinajstić information content (AvgIpc) is 2.63. The fourth-order valence-corrected chi connectivity index (χ4v) is 2.49. The van der Waals surface area contributed by atoms with E-state index in [4.69, 9.17) is 11.6 Å². The number of rotatable bonds is 3. The van der Waals surface area contributed by atoms with Gasteiger partial charge < -0.3 is 5.32 Å². The van der Waals surface area contributed by atoms with Crippen molar-refractivity contribution in [2.45, 2.75) is 6.54 Å². The summed E-state index contributed by atoms with van der Waals surface area (Å²) in [6.07, 6.45) is 1.55. The van der Waals surface area contributed by atoms with Crippen molar-refractivity contribution in [2.75, 3.05) is 5.32 Å². The molecule has 0 aliphatic carbocycles. The van der Waals surface area contributed by atoms with Crippen LogP contribution in [0, 0.1) is 5.82 Å². The number of pyridine rings is 1. The molecule has 2 nitrogen and oxygen atoms in total. The molecule has 2 aromatic rings. The molecule has 0 aliphatic heterocycles. The Balaban J connectivity index is 2.04. The summed E-state index contributed by atoms with van der Waals surface area (Å²) in [4.78, 5) is 4.97. The molecule has 0 aliphatic rings. The van der Waals surface area contributed by atoms with Crippen molar-refractivity contribution in [2.24, 2.45) is 0 Å². The highest BCUT2D eigenvalue weighted by atomic mass is 79.9. The van der Waals surface area contributed by atoms with Crippen LogP contribution in [0.3, 0.4) is 0 Å². The van der Waals surface area contributed by atoms with Gasteiger partial charge in [-0.2, -0.15) is 0 Å². The summed E-state index contributed by atoms with van der Waals surface area (Å²) in [5.41, 5.74) is 0. The first-order chi connectivity index (χ1) is 7.65. The van der Waals surface area contributed by atoms with Gasteiger partial charge in [0.15, 0.2) is 11.6 Å². The Morgan fingerprint density at radius 2 is 2.31 bits per heavy atom. The van der Waals surface area contributed by atoms with Crippen molar-refractivity contribution < 1.29 is 4.39 Å². The van der Waals surface area contributed by atoms with Crippen LogP contribution in [0.5, 0.6) is 0 Å². The molecule has 6 heteroatoms. The zero-order valence-electron chi connectivity index (χ0n) is 8.01. The zero-order valence-corrected chi connectivity index (χ0v) is 11.2. The minimum Gasteiger partial charge on any atom is -0.363 e. The van der Waals surface area contributed by atoms with Crippen LogP contribution in [0.2, 0.25) is 4.34 Å². The number of nitrogens with zero attached hydrogens (tertiary/aromatic N) is 1. The van der Waals surface area contributed by atoms with Gasteiger partial charge in [-0.1, -0.05) is 11.6 Å². The van der Waals surface area contributed by atoms with E-state index in [9.17, 15) is 4.39 Å². The molecule has 0 atom stereocenters. The summed E-state index contributed by atoms with van der Waals surface area (Å²) in [6.45, 7) is 0.517. The molecule has 84 valence electrons. The van der Waals surface area contributed by atoms with Gasteiger partial charge in [0, 0.05) is 15.5 Å². The van der Waals surface area contributed by atoms with Gasteiger partial charge in [0.2, 0.25) is 0 Å². The summed E-state index contributed by atoms with van der Waals surface area (Å²) < 4.78 is 14.7. The lowest BCUT2D eigenvalue weighted by Crippen LogP contribution is -2.02. The Morgan fingerprint density at radius 3 is 2.94 bits per heavy atom. The van der Waals surface area contributed by atoms with E-state index >= 15 is 0 Å². The first-order valence-corrected chi connectivity index (χ1v) is 6.43. The maximum absolute atomic E-state index is 13.4. The summed E-state index contributed by atoms with van der Waals surface area (Å²) in [5, 5.41) is 2.91. The van der Waals surface area contributed by atoms with E-state index in [0.717, 1.165) is 9.21 Å². The molecular formula is C10H7BrClFN2S. The van der Waals surface area contributed by atoms with Crippen LogP contribution in [0.15, 0.2) is 28.9 Å². The average molecular weight is 322 g/mol. The minimum absolute atomic E-state index is 0.243. The zero-order chi connectivity index (χ0) is 11.5. The molecule has 0 saturated heterocycles. The summed E-state index contributed by atoms with van der Waals surface area (Å²) in [6, 6.07) is 5.09. The van der Waals surface area contributed by atoms with Crippen LogP contribution in [0.25, 0.3) is 0 Å². The Hall–Kier alpha value is -0.650. The first kappa shape index (κ1) is 11.8. The number of anilines is 1. The van der Waals surface area contributed by atoms with Crippen LogP contribution in [-0.4, -0.2) is 4.98 Å². The van der Waals surface area contributed by atoms with E-state index in [1.807, 2.05) is 12.1 Å². The number of halogens is 3. The van der Waals surface area contributed by atoms with Crippen molar-refractivity contribution in [3.63, 3.8) is 0 Å². The third kappa shape index (κ3) is 2.93. The third-order valence-corrected chi connectivity index (χ3v) is 3.53. The molecule has 0 spiro atoms. The molecule has 0 aromatic carbocycles. The maximum Gasteiger partial charge on any atom is 0.166 e. The topological polar surface area (TPSA) is 24.9 Å². The number of hydrogen-bond acceptors (Lipinski definition) is 3. The highest BCUT2D eigenvalue weighted by Crippen LogP contribution is 2.23. The second-order valence-corrected chi connectivity index (χ2v) is 5.76. The van der Waals surface area contributed by atoms with Crippen molar-refractivity contribution in [3.8, 4) is 0 Å². The molecule has 2 heterocycles. The van der Waals surface area contributed by atoms with E-state index in [2.05, 4.69) is 26.2 Å². The smallest absolute Gasteiger partial charge is 0.166 e. The van der Waals surface area contributed by atoms with Crippen molar-refractivity contribution in [1.82, 2.24) is 4.98 Å². The van der Waals surface area contributed by atoms with Gasteiger partial charge in [0.1, 0.15) is 0 Å². The van der Waals surface area contributed by atoms with Gasteiger partial charge in [-0.15, -0.1) is 11.3 Å². The monoisotopic (exact) mass is 320 g/mol. The lowest BCUT2D eigenvalue weighted by molar-refractivity contribution is 0.623. The normalized spacial score (nSPS) is 10.4. The second kappa shape index (κ2) is 5.12. The maximum atomic E-state index is 13.4. The van der Waals surface area contributed by atoms with Gasteiger partial charge >= 0.3 is 0 Å². The minimum atomic E-state index is -0.378. The van der Waals surface area contributed by atoms with Gasteiger partial charge in [0.25, 0.3) is 0 Å². The molecule has 0 bridgehead atoms. The van der Waals surface area contributed by atoms with Crippen molar-refractivity contribution in [1.29, 1.82) is 0 Å². The molecule has 1 N–H and O–H groups in total. The van der Waals surface area contributed by atoms with E-state index < -0.39 is 0 Å². The van der Waals surface area contributed by atoms with Crippen LogP contribution in [0.4, 0.5) is 10.2 Å². The second-order valence-electron chi connectivity index (χ2n) is 3.04. The standard InChI is InChI=1S/C10H7BrClFN2S/c11-6-3-8(13)10(14-4-6)15-5-7-1-2-9(12)16-7/h1-4H,5H2,(H,14,15). The predicted octanol–water partition coefficient (Wildman–Crippen LogP) is 4.31. The summed E-state index contributed by atoms with van der Waals surface area (Å²) >= 11 is 10.4. The Kier molecular flexibility index (Phi) is 3.78. The molecule has 2 aromatic heterocycles.